The van der Waals surface area contributed by atoms with Crippen molar-refractivity contribution in [2.24, 2.45) is 0 Å². The van der Waals surface area contributed by atoms with Crippen molar-refractivity contribution in [3.05, 3.63) is 48.2 Å². The second-order valence-electron chi connectivity index (χ2n) is 7.87. The lowest BCUT2D eigenvalue weighted by molar-refractivity contribution is 0.0717. The van der Waals surface area contributed by atoms with E-state index in [0.29, 0.717) is 55.4 Å². The Morgan fingerprint density at radius 1 is 1.15 bits per heavy atom. The third-order valence-electron chi connectivity index (χ3n) is 5.63. The molecular formula is C23H23N3O5S2. The molecule has 0 bridgehead atoms. The molecule has 10 heteroatoms. The third kappa shape index (κ3) is 4.04. The van der Waals surface area contributed by atoms with Crippen LogP contribution in [0.3, 0.4) is 0 Å². The number of para-hydroxylation sites is 2. The van der Waals surface area contributed by atoms with Gasteiger partial charge in [-0.1, -0.05) is 29.5 Å². The van der Waals surface area contributed by atoms with Crippen molar-refractivity contribution in [3.8, 4) is 5.75 Å². The maximum absolute atomic E-state index is 13.1. The van der Waals surface area contributed by atoms with Crippen LogP contribution in [-0.4, -0.2) is 63.3 Å². The number of sulfone groups is 1. The molecule has 1 fully saturated rings. The van der Waals surface area contributed by atoms with Gasteiger partial charge < -0.3 is 19.0 Å². The quantitative estimate of drug-likeness (QED) is 0.424. The first-order valence-electron chi connectivity index (χ1n) is 10.6. The van der Waals surface area contributed by atoms with Crippen LogP contribution in [0.2, 0.25) is 0 Å². The molecule has 0 N–H and O–H groups in total. The van der Waals surface area contributed by atoms with Gasteiger partial charge in [-0.2, -0.15) is 0 Å². The van der Waals surface area contributed by atoms with E-state index in [1.54, 1.807) is 23.1 Å². The van der Waals surface area contributed by atoms with Crippen molar-refractivity contribution in [1.29, 1.82) is 0 Å². The van der Waals surface area contributed by atoms with E-state index >= 15 is 0 Å². The minimum Gasteiger partial charge on any atom is -0.490 e. The molecule has 3 heterocycles. The van der Waals surface area contributed by atoms with Crippen LogP contribution in [0.5, 0.6) is 5.75 Å². The first-order valence-corrected chi connectivity index (χ1v) is 13.3. The fraction of sp³-hybridized carbons (Fsp3) is 0.304. The number of hydrogen-bond donors (Lipinski definition) is 0. The first kappa shape index (κ1) is 21.7. The molecule has 2 aromatic heterocycles. The molecule has 0 unspecified atom stereocenters. The minimum atomic E-state index is -3.36. The zero-order chi connectivity index (χ0) is 23.2. The van der Waals surface area contributed by atoms with Crippen molar-refractivity contribution in [1.82, 2.24) is 9.88 Å². The molecule has 0 radical (unpaired) electrons. The number of piperazine rings is 1. The summed E-state index contributed by atoms with van der Waals surface area (Å²) in [4.78, 5) is 21.8. The topological polar surface area (TPSA) is 93.0 Å². The molecule has 0 saturated carbocycles. The van der Waals surface area contributed by atoms with Crippen LogP contribution in [-0.2, 0) is 9.84 Å². The number of aromatic nitrogens is 1. The predicted octanol–water partition coefficient (Wildman–Crippen LogP) is 3.81. The Labute approximate surface area is 195 Å². The van der Waals surface area contributed by atoms with Crippen LogP contribution >= 0.6 is 11.3 Å². The molecule has 0 aliphatic carbocycles. The van der Waals surface area contributed by atoms with Gasteiger partial charge in [-0.15, -0.1) is 0 Å². The largest absolute Gasteiger partial charge is 0.490 e. The summed E-state index contributed by atoms with van der Waals surface area (Å²) in [5.74, 6) is 0.767. The normalized spacial score (nSPS) is 14.8. The summed E-state index contributed by atoms with van der Waals surface area (Å²) in [6.07, 6.45) is 1.20. The summed E-state index contributed by atoms with van der Waals surface area (Å²) in [5, 5.41) is 1.59. The van der Waals surface area contributed by atoms with Crippen LogP contribution in [0.15, 0.2) is 51.8 Å². The van der Waals surface area contributed by atoms with Gasteiger partial charge in [0.15, 0.2) is 32.1 Å². The second kappa shape index (κ2) is 8.35. The van der Waals surface area contributed by atoms with E-state index in [1.807, 2.05) is 31.2 Å². The minimum absolute atomic E-state index is 0.156. The van der Waals surface area contributed by atoms with E-state index in [4.69, 9.17) is 9.15 Å². The van der Waals surface area contributed by atoms with Gasteiger partial charge in [-0.3, -0.25) is 4.79 Å². The highest BCUT2D eigenvalue weighted by Gasteiger charge is 2.27. The number of fused-ring (bicyclic) bond motifs is 2. The van der Waals surface area contributed by atoms with Crippen LogP contribution in [0.4, 0.5) is 5.13 Å². The lowest BCUT2D eigenvalue weighted by Gasteiger charge is -2.34. The summed E-state index contributed by atoms with van der Waals surface area (Å²) >= 11 is 1.46. The van der Waals surface area contributed by atoms with Crippen LogP contribution in [0, 0.1) is 0 Å². The molecule has 2 aromatic carbocycles. The molecule has 1 saturated heterocycles. The van der Waals surface area contributed by atoms with E-state index < -0.39 is 9.84 Å². The van der Waals surface area contributed by atoms with Crippen molar-refractivity contribution < 1.29 is 22.4 Å². The van der Waals surface area contributed by atoms with Crippen molar-refractivity contribution in [3.63, 3.8) is 0 Å². The highest BCUT2D eigenvalue weighted by molar-refractivity contribution is 7.91. The van der Waals surface area contributed by atoms with Gasteiger partial charge in [0.05, 0.1) is 16.2 Å². The fourth-order valence-corrected chi connectivity index (χ4v) is 5.95. The average molecular weight is 486 g/mol. The smallest absolute Gasteiger partial charge is 0.289 e. The molecule has 0 spiro atoms. The number of rotatable bonds is 5. The van der Waals surface area contributed by atoms with Gasteiger partial charge in [-0.05, 0) is 31.2 Å². The fourth-order valence-electron chi connectivity index (χ4n) is 4.01. The Hall–Kier alpha value is -3.11. The predicted molar refractivity (Wildman–Crippen MR) is 128 cm³/mol. The number of amides is 1. The Morgan fingerprint density at radius 3 is 2.64 bits per heavy atom. The molecule has 0 atom stereocenters. The van der Waals surface area contributed by atoms with E-state index in [1.165, 1.54) is 17.6 Å². The van der Waals surface area contributed by atoms with E-state index in [-0.39, 0.29) is 10.8 Å². The maximum atomic E-state index is 13.1. The van der Waals surface area contributed by atoms with Crippen molar-refractivity contribution >= 4 is 53.4 Å². The van der Waals surface area contributed by atoms with Gasteiger partial charge in [-0.25, -0.2) is 13.4 Å². The molecule has 5 rings (SSSR count). The van der Waals surface area contributed by atoms with Crippen LogP contribution in [0.1, 0.15) is 17.5 Å². The van der Waals surface area contributed by atoms with E-state index in [0.717, 1.165) is 15.2 Å². The molecule has 1 aliphatic heterocycles. The lowest BCUT2D eigenvalue weighted by Crippen LogP contribution is -2.48. The number of thiazole rings is 1. The van der Waals surface area contributed by atoms with E-state index in [2.05, 4.69) is 9.88 Å². The number of nitrogens with zero attached hydrogens (tertiary/aromatic N) is 3. The molecule has 1 amide bonds. The van der Waals surface area contributed by atoms with Gasteiger partial charge in [0.1, 0.15) is 5.52 Å². The number of ether oxygens (including phenoxy) is 1. The monoisotopic (exact) mass is 485 g/mol. The van der Waals surface area contributed by atoms with Crippen molar-refractivity contribution in [2.45, 2.75) is 11.8 Å². The van der Waals surface area contributed by atoms with Crippen molar-refractivity contribution in [2.75, 3.05) is 43.9 Å². The van der Waals surface area contributed by atoms with E-state index in [9.17, 15) is 13.2 Å². The SMILES string of the molecule is CCOc1cccc2cc(C(=O)N3CCN(c4nc5c(S(C)(=O)=O)cccc5s4)CC3)oc12. The Morgan fingerprint density at radius 2 is 1.91 bits per heavy atom. The number of carbonyl (C=O) groups is 1. The number of benzene rings is 2. The molecule has 1 aliphatic rings. The highest BCUT2D eigenvalue weighted by Crippen LogP contribution is 2.33. The highest BCUT2D eigenvalue weighted by atomic mass is 32.2. The first-order chi connectivity index (χ1) is 15.8. The lowest BCUT2D eigenvalue weighted by atomic mass is 10.2. The molecular weight excluding hydrogens is 462 g/mol. The van der Waals surface area contributed by atoms with Crippen LogP contribution < -0.4 is 9.64 Å². The number of hydrogen-bond acceptors (Lipinski definition) is 8. The third-order valence-corrected chi connectivity index (χ3v) is 7.84. The number of carbonyl (C=O) groups excluding carboxylic acids is 1. The molecule has 8 nitrogen and oxygen atoms in total. The van der Waals surface area contributed by atoms with Gasteiger partial charge in [0.2, 0.25) is 0 Å². The Kier molecular flexibility index (Phi) is 5.49. The summed E-state index contributed by atoms with van der Waals surface area (Å²) in [6.45, 7) is 4.66. The Balaban J connectivity index is 1.33. The zero-order valence-electron chi connectivity index (χ0n) is 18.3. The summed E-state index contributed by atoms with van der Waals surface area (Å²) in [5.41, 5.74) is 1.09. The molecule has 33 heavy (non-hydrogen) atoms. The van der Waals surface area contributed by atoms with Gasteiger partial charge >= 0.3 is 0 Å². The zero-order valence-corrected chi connectivity index (χ0v) is 19.9. The summed E-state index contributed by atoms with van der Waals surface area (Å²) in [7, 11) is -3.36. The summed E-state index contributed by atoms with van der Waals surface area (Å²) in [6, 6.07) is 12.6. The summed E-state index contributed by atoms with van der Waals surface area (Å²) < 4.78 is 36.5. The standard InChI is InChI=1S/C23H23N3O5S2/c1-3-30-16-7-4-6-15-14-17(31-21(15)16)22(27)25-10-12-26(13-11-25)23-24-20-18(32-23)8-5-9-19(20)33(2,28)29/h4-9,14H,3,10-13H2,1-2H3. The number of furan rings is 1. The second-order valence-corrected chi connectivity index (χ2v) is 10.9. The van der Waals surface area contributed by atoms with Gasteiger partial charge in [0.25, 0.3) is 5.91 Å². The Bertz CT molecular complexity index is 1450. The maximum Gasteiger partial charge on any atom is 0.289 e. The molecule has 172 valence electrons. The average Bonchev–Trinajstić information content (AvgIpc) is 3.43. The number of anilines is 1. The molecule has 4 aromatic rings. The van der Waals surface area contributed by atoms with Crippen LogP contribution in [0.25, 0.3) is 21.2 Å². The van der Waals surface area contributed by atoms with Gasteiger partial charge in [0, 0.05) is 37.8 Å².